The molecular weight excluding hydrogens is 264 g/mol. The average Bonchev–Trinajstić information content (AvgIpc) is 2.48. The van der Waals surface area contributed by atoms with Gasteiger partial charge in [-0.2, -0.15) is 0 Å². The van der Waals surface area contributed by atoms with Crippen LogP contribution in [0.5, 0.6) is 5.75 Å². The summed E-state index contributed by atoms with van der Waals surface area (Å²) in [6.07, 6.45) is 1.84. The van der Waals surface area contributed by atoms with E-state index >= 15 is 0 Å². The molecule has 21 heavy (non-hydrogen) atoms. The van der Waals surface area contributed by atoms with Crippen LogP contribution in [0.25, 0.3) is 0 Å². The normalized spacial score (nSPS) is 18.9. The van der Waals surface area contributed by atoms with Gasteiger partial charge in [0.2, 0.25) is 0 Å². The van der Waals surface area contributed by atoms with Gasteiger partial charge in [-0.25, -0.2) is 0 Å². The van der Waals surface area contributed by atoms with Crippen LogP contribution >= 0.6 is 0 Å². The highest BCUT2D eigenvalue weighted by Gasteiger charge is 2.23. The van der Waals surface area contributed by atoms with E-state index in [9.17, 15) is 5.11 Å². The molecule has 4 heteroatoms. The molecule has 0 amide bonds. The molecule has 0 bridgehead atoms. The SMILES string of the molecule is CCOc1ccccc1C(O)CN(C)C1CCN(C)CC1. The molecule has 1 aromatic rings. The topological polar surface area (TPSA) is 35.9 Å². The maximum atomic E-state index is 10.5. The Morgan fingerprint density at radius 3 is 2.67 bits per heavy atom. The number of likely N-dealkylation sites (N-methyl/N-ethyl adjacent to an activating group) is 1. The number of aliphatic hydroxyl groups is 1. The predicted molar refractivity (Wildman–Crippen MR) is 85.7 cm³/mol. The Balaban J connectivity index is 1.95. The summed E-state index contributed by atoms with van der Waals surface area (Å²) in [6.45, 7) is 5.52. The van der Waals surface area contributed by atoms with Gasteiger partial charge in [0.05, 0.1) is 12.7 Å². The zero-order chi connectivity index (χ0) is 15.2. The number of rotatable bonds is 6. The third-order valence-electron chi connectivity index (χ3n) is 4.35. The summed E-state index contributed by atoms with van der Waals surface area (Å²) in [5.74, 6) is 0.796. The molecule has 0 aromatic heterocycles. The molecule has 0 aliphatic carbocycles. The molecule has 1 aromatic carbocycles. The van der Waals surface area contributed by atoms with Crippen molar-refractivity contribution in [2.24, 2.45) is 0 Å². The van der Waals surface area contributed by atoms with Gasteiger partial charge in [-0.1, -0.05) is 18.2 Å². The van der Waals surface area contributed by atoms with E-state index in [0.29, 0.717) is 19.2 Å². The first-order chi connectivity index (χ1) is 10.1. The number of likely N-dealkylation sites (tertiary alicyclic amines) is 1. The second-order valence-electron chi connectivity index (χ2n) is 5.96. The lowest BCUT2D eigenvalue weighted by atomic mass is 10.0. The molecule has 0 spiro atoms. The van der Waals surface area contributed by atoms with E-state index in [4.69, 9.17) is 4.74 Å². The fourth-order valence-corrected chi connectivity index (χ4v) is 3.00. The van der Waals surface area contributed by atoms with Crippen molar-refractivity contribution in [1.82, 2.24) is 9.80 Å². The lowest BCUT2D eigenvalue weighted by Crippen LogP contribution is -2.43. The van der Waals surface area contributed by atoms with Gasteiger partial charge in [0, 0.05) is 18.2 Å². The number of piperidine rings is 1. The highest BCUT2D eigenvalue weighted by atomic mass is 16.5. The van der Waals surface area contributed by atoms with Crippen LogP contribution in [0.1, 0.15) is 31.4 Å². The summed E-state index contributed by atoms with van der Waals surface area (Å²) in [5.41, 5.74) is 0.888. The fourth-order valence-electron chi connectivity index (χ4n) is 3.00. The molecule has 1 unspecified atom stereocenters. The summed E-state index contributed by atoms with van der Waals surface area (Å²) in [6, 6.07) is 8.35. The highest BCUT2D eigenvalue weighted by Crippen LogP contribution is 2.26. The van der Waals surface area contributed by atoms with E-state index in [1.807, 2.05) is 31.2 Å². The number of nitrogens with zero attached hydrogens (tertiary/aromatic N) is 2. The van der Waals surface area contributed by atoms with Crippen molar-refractivity contribution in [2.75, 3.05) is 40.3 Å². The van der Waals surface area contributed by atoms with Crippen LogP contribution in [0.2, 0.25) is 0 Å². The molecule has 1 aliphatic rings. The van der Waals surface area contributed by atoms with Crippen LogP contribution in [0.3, 0.4) is 0 Å². The Bertz CT molecular complexity index is 431. The second kappa shape index (κ2) is 7.78. The Labute approximate surface area is 128 Å². The summed E-state index contributed by atoms with van der Waals surface area (Å²) in [7, 11) is 4.28. The van der Waals surface area contributed by atoms with Crippen LogP contribution in [0.4, 0.5) is 0 Å². The molecule has 4 nitrogen and oxygen atoms in total. The molecule has 0 saturated carbocycles. The van der Waals surface area contributed by atoms with E-state index in [0.717, 1.165) is 24.4 Å². The zero-order valence-electron chi connectivity index (χ0n) is 13.5. The Hall–Kier alpha value is -1.10. The van der Waals surface area contributed by atoms with Crippen molar-refractivity contribution < 1.29 is 9.84 Å². The van der Waals surface area contributed by atoms with E-state index in [-0.39, 0.29) is 0 Å². The lowest BCUT2D eigenvalue weighted by molar-refractivity contribution is 0.0772. The average molecular weight is 292 g/mol. The highest BCUT2D eigenvalue weighted by molar-refractivity contribution is 5.35. The summed E-state index contributed by atoms with van der Waals surface area (Å²) in [4.78, 5) is 4.66. The molecule has 2 rings (SSSR count). The molecular formula is C17H28N2O2. The van der Waals surface area contributed by atoms with Crippen molar-refractivity contribution in [3.63, 3.8) is 0 Å². The van der Waals surface area contributed by atoms with Crippen molar-refractivity contribution in [3.8, 4) is 5.75 Å². The van der Waals surface area contributed by atoms with Crippen LogP contribution < -0.4 is 4.74 Å². The van der Waals surface area contributed by atoms with Crippen molar-refractivity contribution >= 4 is 0 Å². The van der Waals surface area contributed by atoms with Gasteiger partial charge >= 0.3 is 0 Å². The van der Waals surface area contributed by atoms with Gasteiger partial charge in [-0.05, 0) is 53.0 Å². The van der Waals surface area contributed by atoms with Gasteiger partial charge in [0.1, 0.15) is 5.75 Å². The first-order valence-electron chi connectivity index (χ1n) is 7.90. The predicted octanol–water partition coefficient (Wildman–Crippen LogP) is 2.14. The Morgan fingerprint density at radius 2 is 2.00 bits per heavy atom. The third-order valence-corrected chi connectivity index (χ3v) is 4.35. The van der Waals surface area contributed by atoms with E-state index < -0.39 is 6.10 Å². The maximum absolute atomic E-state index is 10.5. The number of hydrogen-bond donors (Lipinski definition) is 1. The van der Waals surface area contributed by atoms with E-state index in [1.165, 1.54) is 12.8 Å². The van der Waals surface area contributed by atoms with Gasteiger partial charge in [-0.3, -0.25) is 0 Å². The molecule has 0 radical (unpaired) electrons. The molecule has 1 saturated heterocycles. The van der Waals surface area contributed by atoms with Crippen LogP contribution in [-0.2, 0) is 0 Å². The molecule has 118 valence electrons. The third kappa shape index (κ3) is 4.43. The van der Waals surface area contributed by atoms with Gasteiger partial charge in [-0.15, -0.1) is 0 Å². The minimum absolute atomic E-state index is 0.502. The second-order valence-corrected chi connectivity index (χ2v) is 5.96. The van der Waals surface area contributed by atoms with Crippen molar-refractivity contribution in [3.05, 3.63) is 29.8 Å². The molecule has 1 aliphatic heterocycles. The van der Waals surface area contributed by atoms with Crippen LogP contribution in [0.15, 0.2) is 24.3 Å². The minimum Gasteiger partial charge on any atom is -0.493 e. The van der Waals surface area contributed by atoms with E-state index in [1.54, 1.807) is 0 Å². The van der Waals surface area contributed by atoms with Crippen molar-refractivity contribution in [1.29, 1.82) is 0 Å². The van der Waals surface area contributed by atoms with Gasteiger partial charge < -0.3 is 19.6 Å². The first-order valence-corrected chi connectivity index (χ1v) is 7.90. The molecule has 1 atom stereocenters. The van der Waals surface area contributed by atoms with Crippen LogP contribution in [-0.4, -0.2) is 61.3 Å². The fraction of sp³-hybridized carbons (Fsp3) is 0.647. The first kappa shape index (κ1) is 16.3. The number of para-hydroxylation sites is 1. The molecule has 1 heterocycles. The smallest absolute Gasteiger partial charge is 0.125 e. The summed E-state index contributed by atoms with van der Waals surface area (Å²) >= 11 is 0. The van der Waals surface area contributed by atoms with E-state index in [2.05, 4.69) is 23.9 Å². The summed E-state index contributed by atoms with van der Waals surface area (Å²) in [5, 5.41) is 10.5. The monoisotopic (exact) mass is 292 g/mol. The van der Waals surface area contributed by atoms with Gasteiger partial charge in [0.15, 0.2) is 0 Å². The number of ether oxygens (including phenoxy) is 1. The Kier molecular flexibility index (Phi) is 6.03. The largest absolute Gasteiger partial charge is 0.493 e. The Morgan fingerprint density at radius 1 is 1.33 bits per heavy atom. The van der Waals surface area contributed by atoms with Crippen LogP contribution in [0, 0.1) is 0 Å². The quantitative estimate of drug-likeness (QED) is 0.871. The number of hydrogen-bond acceptors (Lipinski definition) is 4. The molecule has 1 N–H and O–H groups in total. The number of benzene rings is 1. The lowest BCUT2D eigenvalue weighted by Gasteiger charge is -2.36. The van der Waals surface area contributed by atoms with Gasteiger partial charge in [0.25, 0.3) is 0 Å². The standard InChI is InChI=1S/C17H28N2O2/c1-4-21-17-8-6-5-7-15(17)16(20)13-19(3)14-9-11-18(2)12-10-14/h5-8,14,16,20H,4,9-13H2,1-3H3. The number of aliphatic hydroxyl groups excluding tert-OH is 1. The maximum Gasteiger partial charge on any atom is 0.125 e. The van der Waals surface area contributed by atoms with Crippen molar-refractivity contribution in [2.45, 2.75) is 31.9 Å². The molecule has 1 fully saturated rings. The minimum atomic E-state index is -0.502. The summed E-state index contributed by atoms with van der Waals surface area (Å²) < 4.78 is 5.61. The zero-order valence-corrected chi connectivity index (χ0v) is 13.5.